The van der Waals surface area contributed by atoms with Crippen molar-refractivity contribution >= 4 is 11.5 Å². The minimum atomic E-state index is 0.916. The molecule has 0 unspecified atom stereocenters. The van der Waals surface area contributed by atoms with Crippen LogP contribution in [0.1, 0.15) is 24.5 Å². The van der Waals surface area contributed by atoms with E-state index in [2.05, 4.69) is 58.5 Å². The first-order valence-corrected chi connectivity index (χ1v) is 7.39. The van der Waals surface area contributed by atoms with E-state index >= 15 is 0 Å². The summed E-state index contributed by atoms with van der Waals surface area (Å²) in [6.07, 6.45) is 4.19. The Bertz CT molecular complexity index is 580. The summed E-state index contributed by atoms with van der Waals surface area (Å²) in [6, 6.07) is 12.9. The number of benzene rings is 1. The van der Waals surface area contributed by atoms with Gasteiger partial charge < -0.3 is 10.2 Å². The van der Waals surface area contributed by atoms with E-state index < -0.39 is 0 Å². The molecule has 0 atom stereocenters. The second-order valence-electron chi connectivity index (χ2n) is 5.23. The van der Waals surface area contributed by atoms with Gasteiger partial charge >= 0.3 is 0 Å². The summed E-state index contributed by atoms with van der Waals surface area (Å²) < 4.78 is 0. The summed E-state index contributed by atoms with van der Waals surface area (Å²) in [4.78, 5) is 6.86. The van der Waals surface area contributed by atoms with Crippen molar-refractivity contribution in [3.63, 3.8) is 0 Å². The predicted octanol–water partition coefficient (Wildman–Crippen LogP) is 3.28. The Balaban J connectivity index is 1.79. The fraction of sp³-hybridized carbons (Fsp3) is 0.353. The van der Waals surface area contributed by atoms with Crippen LogP contribution in [0.4, 0.5) is 11.5 Å². The van der Waals surface area contributed by atoms with Crippen LogP contribution in [-0.4, -0.2) is 18.1 Å². The van der Waals surface area contributed by atoms with Crippen LogP contribution in [0.2, 0.25) is 0 Å². The predicted molar refractivity (Wildman–Crippen MR) is 83.4 cm³/mol. The van der Waals surface area contributed by atoms with E-state index in [4.69, 9.17) is 0 Å². The molecule has 2 aromatic rings. The lowest BCUT2D eigenvalue weighted by Crippen LogP contribution is -2.17. The molecule has 0 bridgehead atoms. The summed E-state index contributed by atoms with van der Waals surface area (Å²) in [5, 5.41) is 3.44. The molecule has 0 amide bonds. The highest BCUT2D eigenvalue weighted by molar-refractivity contribution is 5.67. The van der Waals surface area contributed by atoms with Crippen molar-refractivity contribution in [2.45, 2.75) is 26.3 Å². The van der Waals surface area contributed by atoms with Crippen molar-refractivity contribution in [2.75, 3.05) is 18.0 Å². The molecule has 1 aliphatic rings. The van der Waals surface area contributed by atoms with Gasteiger partial charge in [-0.25, -0.2) is 4.98 Å². The zero-order valence-electron chi connectivity index (χ0n) is 12.0. The standard InChI is InChI=1S/C17H21N3/c1-2-9-18-13-14-7-10-19-17(12-14)20-11-8-15-5-3-4-6-16(15)20/h3-7,10,12,18H,2,8-9,11,13H2,1H3. The van der Waals surface area contributed by atoms with Crippen LogP contribution in [0.15, 0.2) is 42.6 Å². The molecule has 3 heteroatoms. The average molecular weight is 267 g/mol. The normalized spacial score (nSPS) is 13.6. The molecular weight excluding hydrogens is 246 g/mol. The SMILES string of the molecule is CCCNCc1ccnc(N2CCc3ccccc32)c1. The number of hydrogen-bond acceptors (Lipinski definition) is 3. The van der Waals surface area contributed by atoms with E-state index in [1.165, 1.54) is 16.8 Å². The minimum absolute atomic E-state index is 0.916. The average Bonchev–Trinajstić information content (AvgIpc) is 2.92. The molecule has 0 aliphatic carbocycles. The second kappa shape index (κ2) is 6.06. The van der Waals surface area contributed by atoms with Crippen molar-refractivity contribution < 1.29 is 0 Å². The van der Waals surface area contributed by atoms with Gasteiger partial charge in [0.05, 0.1) is 0 Å². The van der Waals surface area contributed by atoms with E-state index in [9.17, 15) is 0 Å². The third-order valence-corrected chi connectivity index (χ3v) is 3.73. The molecule has 2 heterocycles. The quantitative estimate of drug-likeness (QED) is 0.843. The number of para-hydroxylation sites is 1. The topological polar surface area (TPSA) is 28.2 Å². The van der Waals surface area contributed by atoms with Gasteiger partial charge in [-0.3, -0.25) is 0 Å². The highest BCUT2D eigenvalue weighted by Gasteiger charge is 2.20. The van der Waals surface area contributed by atoms with Gasteiger partial charge in [-0.05, 0) is 48.7 Å². The van der Waals surface area contributed by atoms with E-state index in [1.54, 1.807) is 0 Å². The van der Waals surface area contributed by atoms with E-state index in [1.807, 2.05) is 6.20 Å². The van der Waals surface area contributed by atoms with E-state index in [0.29, 0.717) is 0 Å². The van der Waals surface area contributed by atoms with Crippen LogP contribution in [0.5, 0.6) is 0 Å². The van der Waals surface area contributed by atoms with Gasteiger partial charge in [0.1, 0.15) is 5.82 Å². The molecule has 0 spiro atoms. The van der Waals surface area contributed by atoms with E-state index in [0.717, 1.165) is 38.3 Å². The molecule has 0 saturated carbocycles. The maximum atomic E-state index is 4.55. The van der Waals surface area contributed by atoms with Gasteiger partial charge in [0.15, 0.2) is 0 Å². The zero-order chi connectivity index (χ0) is 13.8. The van der Waals surface area contributed by atoms with Gasteiger partial charge in [0.2, 0.25) is 0 Å². The summed E-state index contributed by atoms with van der Waals surface area (Å²) in [7, 11) is 0. The Morgan fingerprint density at radius 3 is 3.05 bits per heavy atom. The van der Waals surface area contributed by atoms with Crippen LogP contribution < -0.4 is 10.2 Å². The first-order chi connectivity index (χ1) is 9.88. The number of anilines is 2. The highest BCUT2D eigenvalue weighted by Crippen LogP contribution is 2.33. The second-order valence-corrected chi connectivity index (χ2v) is 5.23. The Labute approximate surface area is 120 Å². The summed E-state index contributed by atoms with van der Waals surface area (Å²) in [5.41, 5.74) is 4.02. The number of pyridine rings is 1. The molecule has 3 rings (SSSR count). The van der Waals surface area contributed by atoms with Crippen LogP contribution in [0.25, 0.3) is 0 Å². The van der Waals surface area contributed by atoms with Crippen LogP contribution in [0, 0.1) is 0 Å². The Morgan fingerprint density at radius 2 is 2.15 bits per heavy atom. The smallest absolute Gasteiger partial charge is 0.133 e. The summed E-state index contributed by atoms with van der Waals surface area (Å²) in [5.74, 6) is 1.06. The van der Waals surface area contributed by atoms with Gasteiger partial charge in [-0.2, -0.15) is 0 Å². The van der Waals surface area contributed by atoms with Gasteiger partial charge in [-0.1, -0.05) is 25.1 Å². The molecule has 1 aromatic heterocycles. The van der Waals surface area contributed by atoms with Crippen molar-refractivity contribution in [3.05, 3.63) is 53.7 Å². The largest absolute Gasteiger partial charge is 0.326 e. The molecule has 1 aromatic carbocycles. The van der Waals surface area contributed by atoms with Crippen molar-refractivity contribution in [1.82, 2.24) is 10.3 Å². The first-order valence-electron chi connectivity index (χ1n) is 7.39. The maximum absolute atomic E-state index is 4.55. The third kappa shape index (κ3) is 2.68. The number of fused-ring (bicyclic) bond motifs is 1. The Morgan fingerprint density at radius 1 is 1.25 bits per heavy atom. The van der Waals surface area contributed by atoms with Gasteiger partial charge in [-0.15, -0.1) is 0 Å². The molecule has 0 radical (unpaired) electrons. The molecule has 20 heavy (non-hydrogen) atoms. The third-order valence-electron chi connectivity index (χ3n) is 3.73. The molecule has 104 valence electrons. The van der Waals surface area contributed by atoms with Crippen LogP contribution in [-0.2, 0) is 13.0 Å². The molecular formula is C17H21N3. The van der Waals surface area contributed by atoms with Crippen molar-refractivity contribution in [3.8, 4) is 0 Å². The number of rotatable bonds is 5. The monoisotopic (exact) mass is 267 g/mol. The van der Waals surface area contributed by atoms with Crippen LogP contribution >= 0.6 is 0 Å². The molecule has 1 N–H and O–H groups in total. The fourth-order valence-corrected chi connectivity index (χ4v) is 2.70. The first kappa shape index (κ1) is 13.1. The molecule has 0 fully saturated rings. The van der Waals surface area contributed by atoms with Crippen LogP contribution in [0.3, 0.4) is 0 Å². The molecule has 3 nitrogen and oxygen atoms in total. The lowest BCUT2D eigenvalue weighted by Gasteiger charge is -2.19. The summed E-state index contributed by atoms with van der Waals surface area (Å²) >= 11 is 0. The lowest BCUT2D eigenvalue weighted by atomic mass is 10.2. The number of nitrogens with one attached hydrogen (secondary N) is 1. The zero-order valence-corrected chi connectivity index (χ0v) is 12.0. The number of nitrogens with zero attached hydrogens (tertiary/aromatic N) is 2. The summed E-state index contributed by atoms with van der Waals surface area (Å²) in [6.45, 7) is 5.19. The number of aromatic nitrogens is 1. The van der Waals surface area contributed by atoms with Gasteiger partial charge in [0.25, 0.3) is 0 Å². The Hall–Kier alpha value is -1.87. The van der Waals surface area contributed by atoms with E-state index in [-0.39, 0.29) is 0 Å². The fourth-order valence-electron chi connectivity index (χ4n) is 2.70. The van der Waals surface area contributed by atoms with Crippen molar-refractivity contribution in [2.24, 2.45) is 0 Å². The Kier molecular flexibility index (Phi) is 3.97. The lowest BCUT2D eigenvalue weighted by molar-refractivity contribution is 0.675. The van der Waals surface area contributed by atoms with Crippen molar-refractivity contribution in [1.29, 1.82) is 0 Å². The van der Waals surface area contributed by atoms with Gasteiger partial charge in [0, 0.05) is 25.0 Å². The maximum Gasteiger partial charge on any atom is 0.133 e. The minimum Gasteiger partial charge on any atom is -0.326 e. The molecule has 0 saturated heterocycles. The number of hydrogen-bond donors (Lipinski definition) is 1. The highest BCUT2D eigenvalue weighted by atomic mass is 15.2. The molecule has 1 aliphatic heterocycles.